The number of hydrogen-bond donors (Lipinski definition) is 1. The highest BCUT2D eigenvalue weighted by molar-refractivity contribution is 5.90. The molecule has 0 aliphatic heterocycles. The van der Waals surface area contributed by atoms with E-state index < -0.39 is 5.97 Å². The third-order valence-corrected chi connectivity index (χ3v) is 4.61. The molecule has 0 aliphatic rings. The van der Waals surface area contributed by atoms with Gasteiger partial charge in [-0.25, -0.2) is 4.79 Å². The van der Waals surface area contributed by atoms with Crippen LogP contribution in [-0.2, 0) is 9.53 Å². The lowest BCUT2D eigenvalue weighted by Gasteiger charge is -2.17. The fourth-order valence-corrected chi connectivity index (χ4v) is 3.16. The molecule has 1 N–H and O–H groups in total. The van der Waals surface area contributed by atoms with Gasteiger partial charge in [0.25, 0.3) is 5.91 Å². The van der Waals surface area contributed by atoms with Crippen molar-refractivity contribution < 1.29 is 23.8 Å². The van der Waals surface area contributed by atoms with Crippen LogP contribution in [0.5, 0.6) is 11.5 Å². The van der Waals surface area contributed by atoms with Gasteiger partial charge in [0, 0.05) is 0 Å². The van der Waals surface area contributed by atoms with Crippen molar-refractivity contribution >= 4 is 22.6 Å². The van der Waals surface area contributed by atoms with Crippen LogP contribution in [0, 0.1) is 0 Å². The Morgan fingerprint density at radius 2 is 1.72 bits per heavy atom. The molecule has 6 nitrogen and oxygen atoms in total. The summed E-state index contributed by atoms with van der Waals surface area (Å²) in [6.07, 6.45) is 0. The quantitative estimate of drug-likeness (QED) is 0.617. The van der Waals surface area contributed by atoms with Crippen LogP contribution in [0.1, 0.15) is 28.9 Å². The first-order valence-corrected chi connectivity index (χ1v) is 9.19. The molecule has 150 valence electrons. The molecule has 0 saturated heterocycles. The smallest absolute Gasteiger partial charge is 0.337 e. The first-order valence-electron chi connectivity index (χ1n) is 9.19. The molecule has 0 fully saturated rings. The Kier molecular flexibility index (Phi) is 6.34. The Morgan fingerprint density at radius 3 is 2.48 bits per heavy atom. The van der Waals surface area contributed by atoms with E-state index in [2.05, 4.69) is 5.32 Å². The van der Waals surface area contributed by atoms with Gasteiger partial charge in [0.2, 0.25) is 0 Å². The second-order valence-electron chi connectivity index (χ2n) is 6.50. The van der Waals surface area contributed by atoms with E-state index in [0.29, 0.717) is 17.1 Å². The zero-order valence-corrected chi connectivity index (χ0v) is 16.6. The summed E-state index contributed by atoms with van der Waals surface area (Å²) in [5.74, 6) is -0.0167. The van der Waals surface area contributed by atoms with Crippen LogP contribution in [0.25, 0.3) is 10.8 Å². The summed E-state index contributed by atoms with van der Waals surface area (Å²) in [5.41, 5.74) is 1.38. The Balaban J connectivity index is 1.66. The van der Waals surface area contributed by atoms with Gasteiger partial charge in [0.1, 0.15) is 0 Å². The molecular weight excluding hydrogens is 370 g/mol. The maximum atomic E-state index is 12.4. The van der Waals surface area contributed by atoms with E-state index in [0.717, 1.165) is 16.3 Å². The third kappa shape index (κ3) is 4.66. The van der Waals surface area contributed by atoms with Crippen LogP contribution in [-0.4, -0.2) is 32.7 Å². The lowest BCUT2D eigenvalue weighted by atomic mass is 10.00. The van der Waals surface area contributed by atoms with Crippen LogP contribution < -0.4 is 14.8 Å². The molecule has 0 heterocycles. The summed E-state index contributed by atoms with van der Waals surface area (Å²) in [4.78, 5) is 24.0. The van der Waals surface area contributed by atoms with Crippen LogP contribution in [0.4, 0.5) is 0 Å². The van der Waals surface area contributed by atoms with Gasteiger partial charge >= 0.3 is 5.97 Å². The number of amides is 1. The molecule has 0 saturated carbocycles. The molecule has 0 bridgehead atoms. The van der Waals surface area contributed by atoms with Gasteiger partial charge in [-0.05, 0) is 41.5 Å². The molecule has 0 unspecified atom stereocenters. The summed E-state index contributed by atoms with van der Waals surface area (Å²) >= 11 is 0. The topological polar surface area (TPSA) is 73.9 Å². The summed E-state index contributed by atoms with van der Waals surface area (Å²) in [7, 11) is 2.77. The predicted octanol–water partition coefficient (Wildman–Crippen LogP) is 3.89. The fourth-order valence-electron chi connectivity index (χ4n) is 3.16. The highest BCUT2D eigenvalue weighted by Crippen LogP contribution is 2.28. The molecule has 0 spiro atoms. The van der Waals surface area contributed by atoms with E-state index in [4.69, 9.17) is 14.2 Å². The largest absolute Gasteiger partial charge is 0.493 e. The lowest BCUT2D eigenvalue weighted by Crippen LogP contribution is -2.31. The van der Waals surface area contributed by atoms with Crippen molar-refractivity contribution in [2.24, 2.45) is 0 Å². The van der Waals surface area contributed by atoms with Gasteiger partial charge < -0.3 is 19.5 Å². The standard InChI is InChI=1S/C23H23NO5/c1-15(18-10-6-8-16-7-4-5-9-19(16)18)24-22(25)14-29-20-12-11-17(23(26)28-3)13-21(20)27-2/h4-13,15H,14H2,1-3H3,(H,24,25)/t15-/m0/s1. The van der Waals surface area contributed by atoms with Crippen LogP contribution in [0.15, 0.2) is 60.7 Å². The third-order valence-electron chi connectivity index (χ3n) is 4.61. The average molecular weight is 393 g/mol. The van der Waals surface area contributed by atoms with E-state index in [1.165, 1.54) is 20.3 Å². The SMILES string of the molecule is COC(=O)c1ccc(OCC(=O)N[C@@H](C)c2cccc3ccccc23)c(OC)c1. The van der Waals surface area contributed by atoms with E-state index in [9.17, 15) is 9.59 Å². The van der Waals surface area contributed by atoms with Crippen LogP contribution in [0.2, 0.25) is 0 Å². The van der Waals surface area contributed by atoms with E-state index in [-0.39, 0.29) is 18.6 Å². The number of carbonyl (C=O) groups excluding carboxylic acids is 2. The molecular formula is C23H23NO5. The highest BCUT2D eigenvalue weighted by atomic mass is 16.5. The Labute approximate surface area is 169 Å². The molecule has 6 heteroatoms. The van der Waals surface area contributed by atoms with Crippen molar-refractivity contribution in [2.45, 2.75) is 13.0 Å². The summed E-state index contributed by atoms with van der Waals surface area (Å²) < 4.78 is 15.5. The van der Waals surface area contributed by atoms with Crippen molar-refractivity contribution in [3.05, 3.63) is 71.8 Å². The highest BCUT2D eigenvalue weighted by Gasteiger charge is 2.15. The molecule has 0 radical (unpaired) electrons. The van der Waals surface area contributed by atoms with Crippen LogP contribution >= 0.6 is 0 Å². The molecule has 3 aromatic carbocycles. The summed E-state index contributed by atoms with van der Waals surface area (Å²) in [5, 5.41) is 5.18. The van der Waals surface area contributed by atoms with Crippen molar-refractivity contribution in [1.82, 2.24) is 5.32 Å². The Morgan fingerprint density at radius 1 is 0.966 bits per heavy atom. The monoisotopic (exact) mass is 393 g/mol. The molecule has 0 aromatic heterocycles. The first kappa shape index (κ1) is 20.2. The van der Waals surface area contributed by atoms with Gasteiger partial charge in [-0.2, -0.15) is 0 Å². The van der Waals surface area contributed by atoms with Gasteiger partial charge in [-0.1, -0.05) is 42.5 Å². The van der Waals surface area contributed by atoms with Gasteiger partial charge in [0.05, 0.1) is 25.8 Å². The minimum absolute atomic E-state index is 0.178. The number of fused-ring (bicyclic) bond motifs is 1. The van der Waals surface area contributed by atoms with E-state index >= 15 is 0 Å². The predicted molar refractivity (Wildman–Crippen MR) is 110 cm³/mol. The number of methoxy groups -OCH3 is 2. The normalized spacial score (nSPS) is 11.6. The number of benzene rings is 3. The average Bonchev–Trinajstić information content (AvgIpc) is 2.76. The van der Waals surface area contributed by atoms with Crippen molar-refractivity contribution in [1.29, 1.82) is 0 Å². The fraction of sp³-hybridized carbons (Fsp3) is 0.217. The van der Waals surface area contributed by atoms with Crippen LogP contribution in [0.3, 0.4) is 0 Å². The van der Waals surface area contributed by atoms with Crippen molar-refractivity contribution in [3.8, 4) is 11.5 Å². The number of carbonyl (C=O) groups is 2. The number of nitrogens with one attached hydrogen (secondary N) is 1. The van der Waals surface area contributed by atoms with E-state index in [1.54, 1.807) is 12.1 Å². The van der Waals surface area contributed by atoms with Crippen molar-refractivity contribution in [2.75, 3.05) is 20.8 Å². The molecule has 29 heavy (non-hydrogen) atoms. The van der Waals surface area contributed by atoms with Crippen molar-refractivity contribution in [3.63, 3.8) is 0 Å². The maximum Gasteiger partial charge on any atom is 0.337 e. The van der Waals surface area contributed by atoms with Gasteiger partial charge in [-0.3, -0.25) is 4.79 Å². The summed E-state index contributed by atoms with van der Waals surface area (Å²) in [6.45, 7) is 1.76. The molecule has 1 atom stereocenters. The Bertz CT molecular complexity index is 1030. The maximum absolute atomic E-state index is 12.4. The van der Waals surface area contributed by atoms with Gasteiger partial charge in [0.15, 0.2) is 18.1 Å². The first-order chi connectivity index (χ1) is 14.0. The second-order valence-corrected chi connectivity index (χ2v) is 6.50. The number of ether oxygens (including phenoxy) is 3. The minimum Gasteiger partial charge on any atom is -0.493 e. The molecule has 3 rings (SSSR count). The summed E-state index contributed by atoms with van der Waals surface area (Å²) in [6, 6.07) is 18.5. The molecule has 0 aliphatic carbocycles. The zero-order valence-electron chi connectivity index (χ0n) is 16.6. The Hall–Kier alpha value is -3.54. The zero-order chi connectivity index (χ0) is 20.8. The minimum atomic E-state index is -0.475. The molecule has 1 amide bonds. The van der Waals surface area contributed by atoms with E-state index in [1.807, 2.05) is 49.4 Å². The lowest BCUT2D eigenvalue weighted by molar-refractivity contribution is -0.123. The number of hydrogen-bond acceptors (Lipinski definition) is 5. The second kappa shape index (κ2) is 9.10. The number of rotatable bonds is 7. The molecule has 3 aromatic rings. The number of esters is 1. The van der Waals surface area contributed by atoms with Gasteiger partial charge in [-0.15, -0.1) is 0 Å².